The van der Waals surface area contributed by atoms with E-state index < -0.39 is 0 Å². The van der Waals surface area contributed by atoms with Gasteiger partial charge in [0.05, 0.1) is 0 Å². The first kappa shape index (κ1) is 14.7. The van der Waals surface area contributed by atoms with E-state index in [-0.39, 0.29) is 33.6 Å². The Kier molecular flexibility index (Phi) is 16.5. The molecule has 0 aliphatic heterocycles. The van der Waals surface area contributed by atoms with Crippen molar-refractivity contribution in [2.45, 2.75) is 31.3 Å². The van der Waals surface area contributed by atoms with E-state index in [1.807, 2.05) is 0 Å². The molecule has 1 saturated carbocycles. The third kappa shape index (κ3) is 10.2. The molecule has 1 aliphatic rings. The summed E-state index contributed by atoms with van der Waals surface area (Å²) in [6.45, 7) is 0. The second-order valence-corrected chi connectivity index (χ2v) is 4.86. The minimum Gasteiger partial charge on any atom is 0 e. The molecule has 0 aromatic heterocycles. The van der Waals surface area contributed by atoms with Crippen molar-refractivity contribution in [1.82, 2.24) is 0 Å². The van der Waals surface area contributed by atoms with Crippen molar-refractivity contribution in [1.29, 1.82) is 0 Å². The van der Waals surface area contributed by atoms with Gasteiger partial charge >= 0.3 is 33.3 Å². The molecule has 0 amide bonds. The van der Waals surface area contributed by atoms with E-state index in [4.69, 9.17) is 20.2 Å². The fourth-order valence-electron chi connectivity index (χ4n) is 0.957. The molecule has 5 heteroatoms. The smallest absolute Gasteiger partial charge is 0 e. The summed E-state index contributed by atoms with van der Waals surface area (Å²) >= 11 is 0.194. The second kappa shape index (κ2) is 11.2. The van der Waals surface area contributed by atoms with Crippen molar-refractivity contribution in [2.24, 2.45) is 0 Å². The van der Waals surface area contributed by atoms with Gasteiger partial charge < -0.3 is 0 Å². The van der Waals surface area contributed by atoms with Gasteiger partial charge in [-0.2, -0.15) is 0 Å². The van der Waals surface area contributed by atoms with Crippen molar-refractivity contribution >= 4 is 29.4 Å². The monoisotopic (exact) mass is 334 g/mol. The van der Waals surface area contributed by atoms with Crippen LogP contribution in [0.1, 0.15) is 25.7 Å². The van der Waals surface area contributed by atoms with E-state index in [1.54, 1.807) is 0 Å². The maximum absolute atomic E-state index is 4.76. The molecule has 1 unspecified atom stereocenters. The minimum atomic E-state index is 0. The Morgan fingerprint density at radius 1 is 1.20 bits per heavy atom. The van der Waals surface area contributed by atoms with Gasteiger partial charge in [0, 0.05) is 20.4 Å². The molecule has 10 heavy (non-hydrogen) atoms. The van der Waals surface area contributed by atoms with E-state index in [0.717, 1.165) is 5.66 Å². The van der Waals surface area contributed by atoms with Gasteiger partial charge in [0.25, 0.3) is 0 Å². The second-order valence-electron chi connectivity index (χ2n) is 2.10. The molecule has 0 radical (unpaired) electrons. The predicted octanol–water partition coefficient (Wildman–Crippen LogP) is 3.18. The summed E-state index contributed by atoms with van der Waals surface area (Å²) in [5, 5.41) is 0. The zero-order valence-corrected chi connectivity index (χ0v) is 10.7. The summed E-state index contributed by atoms with van der Waals surface area (Å²) in [5.41, 5.74) is 0.963. The van der Waals surface area contributed by atoms with Crippen LogP contribution in [-0.4, -0.2) is 5.66 Å². The fraction of sp³-hybridized carbons (Fsp3) is 1.00. The Balaban J connectivity index is 0. The van der Waals surface area contributed by atoms with E-state index >= 15 is 0 Å². The first-order valence-electron chi connectivity index (χ1n) is 2.92. The van der Waals surface area contributed by atoms with Crippen LogP contribution in [-0.2, 0) is 33.6 Å². The number of halogens is 2. The molecule has 68 valence electrons. The molecule has 0 aromatic carbocycles. The summed E-state index contributed by atoms with van der Waals surface area (Å²) in [6.07, 6.45) is 5.83. The molecule has 0 N–H and O–H groups in total. The zero-order valence-electron chi connectivity index (χ0n) is 5.41. The SMILES string of the molecule is PC1CCCC1.[Cl][Fe][Cl].[Pd]. The van der Waals surface area contributed by atoms with Crippen LogP contribution >= 0.6 is 29.4 Å². The van der Waals surface area contributed by atoms with Crippen LogP contribution in [0.15, 0.2) is 0 Å². The summed E-state index contributed by atoms with van der Waals surface area (Å²) < 4.78 is 0. The maximum atomic E-state index is 4.76. The normalized spacial score (nSPS) is 17.5. The predicted molar refractivity (Wildman–Crippen MR) is 43.7 cm³/mol. The van der Waals surface area contributed by atoms with Crippen molar-refractivity contribution in [2.75, 3.05) is 0 Å². The van der Waals surface area contributed by atoms with Gasteiger partial charge in [0.15, 0.2) is 0 Å². The van der Waals surface area contributed by atoms with Gasteiger partial charge in [-0.15, -0.1) is 9.24 Å². The van der Waals surface area contributed by atoms with Crippen LogP contribution in [0.5, 0.6) is 0 Å². The Morgan fingerprint density at radius 2 is 1.50 bits per heavy atom. The third-order valence-corrected chi connectivity index (χ3v) is 2.07. The van der Waals surface area contributed by atoms with Gasteiger partial charge in [-0.05, 0) is 18.5 Å². The Bertz CT molecular complexity index is 61.6. The average molecular weight is 335 g/mol. The molecule has 0 nitrogen and oxygen atoms in total. The van der Waals surface area contributed by atoms with Crippen LogP contribution in [0, 0.1) is 0 Å². The van der Waals surface area contributed by atoms with Gasteiger partial charge in [0.1, 0.15) is 0 Å². The molecule has 0 spiro atoms. The fourth-order valence-corrected chi connectivity index (χ4v) is 1.43. The quantitative estimate of drug-likeness (QED) is 0.471. The van der Waals surface area contributed by atoms with Crippen LogP contribution < -0.4 is 0 Å². The molecular formula is C5H11Cl2FePPd. The molecule has 1 aliphatic carbocycles. The van der Waals surface area contributed by atoms with E-state index in [9.17, 15) is 0 Å². The summed E-state index contributed by atoms with van der Waals surface area (Å²) in [7, 11) is 12.4. The Hall–Kier alpha value is 2.19. The third-order valence-electron chi connectivity index (χ3n) is 1.40. The van der Waals surface area contributed by atoms with Gasteiger partial charge in [0.2, 0.25) is 0 Å². The summed E-state index contributed by atoms with van der Waals surface area (Å²) in [6, 6.07) is 0. The number of hydrogen-bond acceptors (Lipinski definition) is 0. The number of rotatable bonds is 0. The molecule has 1 rings (SSSR count). The summed E-state index contributed by atoms with van der Waals surface area (Å²) in [4.78, 5) is 0. The standard InChI is InChI=1S/C5H11P.2ClH.Fe.Pd/c6-5-3-1-2-4-5;;;;/h5H,1-4,6H2;2*1H;;/q;;;+2;/p-2. The van der Waals surface area contributed by atoms with Crippen molar-refractivity contribution in [3.05, 3.63) is 0 Å². The molecule has 1 fully saturated rings. The van der Waals surface area contributed by atoms with Gasteiger partial charge in [-0.3, -0.25) is 0 Å². The molecule has 1 atom stereocenters. The van der Waals surface area contributed by atoms with Gasteiger partial charge in [-0.1, -0.05) is 12.8 Å². The first-order chi connectivity index (χ1) is 4.31. The van der Waals surface area contributed by atoms with E-state index in [1.165, 1.54) is 25.7 Å². The van der Waals surface area contributed by atoms with Crippen LogP contribution in [0.25, 0.3) is 0 Å². The van der Waals surface area contributed by atoms with Crippen LogP contribution in [0.4, 0.5) is 0 Å². The number of hydrogen-bond donors (Lipinski definition) is 0. The largest absolute Gasteiger partial charge is 0 e. The Morgan fingerprint density at radius 3 is 1.60 bits per heavy atom. The first-order valence-corrected chi connectivity index (χ1v) is 6.62. The van der Waals surface area contributed by atoms with Crippen molar-refractivity contribution < 1.29 is 33.6 Å². The molecular weight excluding hydrogens is 324 g/mol. The zero-order chi connectivity index (χ0) is 7.11. The topological polar surface area (TPSA) is 0 Å². The van der Waals surface area contributed by atoms with E-state index in [0.29, 0.717) is 0 Å². The average Bonchev–Trinajstić information content (AvgIpc) is 2.20. The Labute approximate surface area is 93.7 Å². The maximum Gasteiger partial charge on any atom is 0 e. The molecule has 0 aromatic rings. The molecule has 0 heterocycles. The van der Waals surface area contributed by atoms with Crippen molar-refractivity contribution in [3.8, 4) is 0 Å². The molecule has 0 saturated heterocycles. The molecule has 0 bridgehead atoms. The van der Waals surface area contributed by atoms with Crippen LogP contribution in [0.2, 0.25) is 0 Å². The van der Waals surface area contributed by atoms with Gasteiger partial charge in [-0.25, -0.2) is 0 Å². The summed E-state index contributed by atoms with van der Waals surface area (Å²) in [5.74, 6) is 0. The van der Waals surface area contributed by atoms with Crippen LogP contribution in [0.3, 0.4) is 0 Å². The van der Waals surface area contributed by atoms with E-state index in [2.05, 4.69) is 9.24 Å². The van der Waals surface area contributed by atoms with Crippen molar-refractivity contribution in [3.63, 3.8) is 0 Å². The minimum absolute atomic E-state index is 0.